The summed E-state index contributed by atoms with van der Waals surface area (Å²) >= 11 is 0. The molecule has 5 nitrogen and oxygen atoms in total. The SMILES string of the molecule is COc1cc(/C=C/C(=O)N2CCN(c3ccccc3C)CC2)ccc1OCC(C)C. The summed E-state index contributed by atoms with van der Waals surface area (Å²) in [5.41, 5.74) is 3.44. The summed E-state index contributed by atoms with van der Waals surface area (Å²) in [6, 6.07) is 14.1. The van der Waals surface area contributed by atoms with Crippen LogP contribution in [0.2, 0.25) is 0 Å². The molecule has 0 atom stereocenters. The van der Waals surface area contributed by atoms with Crippen LogP contribution < -0.4 is 14.4 Å². The number of hydrogen-bond acceptors (Lipinski definition) is 4. The largest absolute Gasteiger partial charge is 0.493 e. The number of nitrogens with zero attached hydrogens (tertiary/aromatic N) is 2. The minimum Gasteiger partial charge on any atom is -0.493 e. The standard InChI is InChI=1S/C25H32N2O3/c1-19(2)18-30-23-11-9-21(17-24(23)29-4)10-12-25(28)27-15-13-26(14-16-27)22-8-6-5-7-20(22)3/h5-12,17,19H,13-16,18H2,1-4H3/b12-10+. The van der Waals surface area contributed by atoms with E-state index in [4.69, 9.17) is 9.47 Å². The Kier molecular flexibility index (Phi) is 7.39. The molecular formula is C25H32N2O3. The zero-order valence-electron chi connectivity index (χ0n) is 18.4. The smallest absolute Gasteiger partial charge is 0.246 e. The molecule has 0 aliphatic carbocycles. The fourth-order valence-corrected chi connectivity index (χ4v) is 3.52. The highest BCUT2D eigenvalue weighted by Gasteiger charge is 2.20. The van der Waals surface area contributed by atoms with Crippen molar-refractivity contribution >= 4 is 17.7 Å². The van der Waals surface area contributed by atoms with Crippen LogP contribution in [0, 0.1) is 12.8 Å². The molecule has 0 bridgehead atoms. The normalized spacial score (nSPS) is 14.4. The van der Waals surface area contributed by atoms with Gasteiger partial charge in [-0.05, 0) is 48.2 Å². The molecular weight excluding hydrogens is 376 g/mol. The van der Waals surface area contributed by atoms with Crippen LogP contribution in [0.5, 0.6) is 11.5 Å². The fourth-order valence-electron chi connectivity index (χ4n) is 3.52. The van der Waals surface area contributed by atoms with E-state index in [2.05, 4.69) is 49.9 Å². The highest BCUT2D eigenvalue weighted by Crippen LogP contribution is 2.29. The molecule has 1 aliphatic rings. The van der Waals surface area contributed by atoms with Crippen LogP contribution in [0.1, 0.15) is 25.0 Å². The number of anilines is 1. The lowest BCUT2D eigenvalue weighted by Crippen LogP contribution is -2.48. The van der Waals surface area contributed by atoms with Crippen LogP contribution in [-0.2, 0) is 4.79 Å². The maximum absolute atomic E-state index is 12.6. The van der Waals surface area contributed by atoms with Gasteiger partial charge in [0, 0.05) is 37.9 Å². The number of carbonyl (C=O) groups is 1. The van der Waals surface area contributed by atoms with Gasteiger partial charge in [-0.15, -0.1) is 0 Å². The third-order valence-electron chi connectivity index (χ3n) is 5.23. The summed E-state index contributed by atoms with van der Waals surface area (Å²) in [7, 11) is 1.63. The Morgan fingerprint density at radius 3 is 2.47 bits per heavy atom. The van der Waals surface area contributed by atoms with Crippen molar-refractivity contribution in [3.05, 3.63) is 59.7 Å². The fraction of sp³-hybridized carbons (Fsp3) is 0.400. The quantitative estimate of drug-likeness (QED) is 0.637. The number of aryl methyl sites for hydroxylation is 1. The molecule has 2 aromatic carbocycles. The number of amides is 1. The zero-order valence-corrected chi connectivity index (χ0v) is 18.4. The van der Waals surface area contributed by atoms with E-state index in [-0.39, 0.29) is 5.91 Å². The monoisotopic (exact) mass is 408 g/mol. The predicted octanol–water partition coefficient (Wildman–Crippen LogP) is 4.40. The van der Waals surface area contributed by atoms with E-state index in [0.29, 0.717) is 18.3 Å². The maximum Gasteiger partial charge on any atom is 0.246 e. The summed E-state index contributed by atoms with van der Waals surface area (Å²) in [6.07, 6.45) is 3.48. The van der Waals surface area contributed by atoms with E-state index in [1.807, 2.05) is 29.2 Å². The molecule has 5 heteroatoms. The van der Waals surface area contributed by atoms with Crippen LogP contribution in [-0.4, -0.2) is 50.7 Å². The molecule has 0 N–H and O–H groups in total. The van der Waals surface area contributed by atoms with Gasteiger partial charge in [0.05, 0.1) is 13.7 Å². The Morgan fingerprint density at radius 1 is 1.07 bits per heavy atom. The Labute approximate surface area is 179 Å². The molecule has 2 aromatic rings. The lowest BCUT2D eigenvalue weighted by atomic mass is 10.1. The van der Waals surface area contributed by atoms with Crippen LogP contribution in [0.4, 0.5) is 5.69 Å². The van der Waals surface area contributed by atoms with Gasteiger partial charge in [0.1, 0.15) is 0 Å². The first-order valence-corrected chi connectivity index (χ1v) is 10.6. The molecule has 30 heavy (non-hydrogen) atoms. The number of methoxy groups -OCH3 is 1. The van der Waals surface area contributed by atoms with Crippen molar-refractivity contribution in [1.29, 1.82) is 0 Å². The molecule has 1 fully saturated rings. The van der Waals surface area contributed by atoms with Gasteiger partial charge in [0.15, 0.2) is 11.5 Å². The second-order valence-corrected chi connectivity index (χ2v) is 8.05. The van der Waals surface area contributed by atoms with Crippen LogP contribution in [0.25, 0.3) is 6.08 Å². The first-order chi connectivity index (χ1) is 14.5. The molecule has 1 saturated heterocycles. The predicted molar refractivity (Wildman–Crippen MR) is 122 cm³/mol. The average molecular weight is 409 g/mol. The van der Waals surface area contributed by atoms with E-state index >= 15 is 0 Å². The number of carbonyl (C=O) groups excluding carboxylic acids is 1. The van der Waals surface area contributed by atoms with Crippen molar-refractivity contribution in [2.75, 3.05) is 44.8 Å². The number of piperazine rings is 1. The van der Waals surface area contributed by atoms with Crippen molar-refractivity contribution < 1.29 is 14.3 Å². The average Bonchev–Trinajstić information content (AvgIpc) is 2.76. The summed E-state index contributed by atoms with van der Waals surface area (Å²) in [5, 5.41) is 0. The van der Waals surface area contributed by atoms with Gasteiger partial charge >= 0.3 is 0 Å². The van der Waals surface area contributed by atoms with E-state index in [1.165, 1.54) is 11.3 Å². The van der Waals surface area contributed by atoms with Gasteiger partial charge < -0.3 is 19.3 Å². The van der Waals surface area contributed by atoms with Gasteiger partial charge in [-0.25, -0.2) is 0 Å². The van der Waals surface area contributed by atoms with Crippen LogP contribution >= 0.6 is 0 Å². The highest BCUT2D eigenvalue weighted by molar-refractivity contribution is 5.92. The Morgan fingerprint density at radius 2 is 1.80 bits per heavy atom. The first kappa shape index (κ1) is 21.8. The first-order valence-electron chi connectivity index (χ1n) is 10.6. The minimum atomic E-state index is 0.0403. The van der Waals surface area contributed by atoms with Crippen LogP contribution in [0.3, 0.4) is 0 Å². The lowest BCUT2D eigenvalue weighted by Gasteiger charge is -2.36. The number of ether oxygens (including phenoxy) is 2. The number of rotatable bonds is 7. The molecule has 0 spiro atoms. The van der Waals surface area contributed by atoms with Gasteiger partial charge in [0.25, 0.3) is 0 Å². The van der Waals surface area contributed by atoms with E-state index < -0.39 is 0 Å². The zero-order chi connectivity index (χ0) is 21.5. The van der Waals surface area contributed by atoms with E-state index in [1.54, 1.807) is 13.2 Å². The second kappa shape index (κ2) is 10.2. The van der Waals surface area contributed by atoms with E-state index in [0.717, 1.165) is 37.5 Å². The van der Waals surface area contributed by atoms with Crippen molar-refractivity contribution in [2.24, 2.45) is 5.92 Å². The number of para-hydroxylation sites is 1. The lowest BCUT2D eigenvalue weighted by molar-refractivity contribution is -0.126. The van der Waals surface area contributed by atoms with Crippen molar-refractivity contribution in [2.45, 2.75) is 20.8 Å². The van der Waals surface area contributed by atoms with Crippen molar-refractivity contribution in [1.82, 2.24) is 4.90 Å². The number of benzene rings is 2. The Balaban J connectivity index is 1.58. The van der Waals surface area contributed by atoms with Gasteiger partial charge in [-0.2, -0.15) is 0 Å². The number of hydrogen-bond donors (Lipinski definition) is 0. The summed E-state index contributed by atoms with van der Waals surface area (Å²) < 4.78 is 11.2. The molecule has 1 aliphatic heterocycles. The van der Waals surface area contributed by atoms with Gasteiger partial charge in [-0.1, -0.05) is 38.1 Å². The third kappa shape index (κ3) is 5.56. The van der Waals surface area contributed by atoms with E-state index in [9.17, 15) is 4.79 Å². The molecule has 1 amide bonds. The molecule has 0 radical (unpaired) electrons. The molecule has 0 saturated carbocycles. The van der Waals surface area contributed by atoms with Crippen molar-refractivity contribution in [3.8, 4) is 11.5 Å². The summed E-state index contributed by atoms with van der Waals surface area (Å²) in [6.45, 7) is 10.1. The Hall–Kier alpha value is -2.95. The minimum absolute atomic E-state index is 0.0403. The van der Waals surface area contributed by atoms with Crippen LogP contribution in [0.15, 0.2) is 48.5 Å². The highest BCUT2D eigenvalue weighted by atomic mass is 16.5. The van der Waals surface area contributed by atoms with Gasteiger partial charge in [-0.3, -0.25) is 4.79 Å². The topological polar surface area (TPSA) is 42.0 Å². The maximum atomic E-state index is 12.6. The summed E-state index contributed by atoms with van der Waals surface area (Å²) in [4.78, 5) is 16.9. The molecule has 160 valence electrons. The van der Waals surface area contributed by atoms with Gasteiger partial charge in [0.2, 0.25) is 5.91 Å². The molecule has 0 unspecified atom stereocenters. The summed E-state index contributed by atoms with van der Waals surface area (Å²) in [5.74, 6) is 1.89. The molecule has 1 heterocycles. The Bertz CT molecular complexity index is 884. The van der Waals surface area contributed by atoms with Crippen molar-refractivity contribution in [3.63, 3.8) is 0 Å². The second-order valence-electron chi connectivity index (χ2n) is 8.05. The molecule has 3 rings (SSSR count). The molecule has 0 aromatic heterocycles. The third-order valence-corrected chi connectivity index (χ3v) is 5.23.